The first-order valence-electron chi connectivity index (χ1n) is 10.9. The van der Waals surface area contributed by atoms with Gasteiger partial charge in [-0.25, -0.2) is 9.59 Å². The van der Waals surface area contributed by atoms with Crippen LogP contribution >= 0.6 is 8.25 Å². The van der Waals surface area contributed by atoms with Gasteiger partial charge in [0, 0.05) is 17.2 Å². The molecule has 1 saturated heterocycles. The Balaban J connectivity index is 2.55. The summed E-state index contributed by atoms with van der Waals surface area (Å²) in [4.78, 5) is 35.3. The van der Waals surface area contributed by atoms with Crippen molar-refractivity contribution in [2.75, 3.05) is 19.7 Å². The van der Waals surface area contributed by atoms with E-state index in [4.69, 9.17) is 19.5 Å². The lowest BCUT2D eigenvalue weighted by Gasteiger charge is -2.13. The maximum absolute atomic E-state index is 12.4. The van der Waals surface area contributed by atoms with Gasteiger partial charge >= 0.3 is 32.3 Å². The number of nitrogens with one attached hydrogen (secondary N) is 2. The predicted molar refractivity (Wildman–Crippen MR) is 111 cm³/mol. The molecule has 190 valence electrons. The van der Waals surface area contributed by atoms with Crippen LogP contribution in [-0.2, 0) is 32.7 Å². The number of alkyl halides is 3. The van der Waals surface area contributed by atoms with Crippen LogP contribution in [0.15, 0.2) is 0 Å². The third-order valence-electron chi connectivity index (χ3n) is 4.78. The molecule has 0 aromatic carbocycles. The monoisotopic (exact) mass is 502 g/mol. The second-order valence-corrected chi connectivity index (χ2v) is 8.57. The first-order chi connectivity index (χ1) is 15.5. The fourth-order valence-corrected chi connectivity index (χ4v) is 3.71. The SMILES string of the molecule is CCCCC(N)CO[P+](=O)OC(CCCCNC(=O)C(F)(F)F)C(=O)OC(=O)[C@@H]1CCCN1. The van der Waals surface area contributed by atoms with Crippen LogP contribution in [0.25, 0.3) is 0 Å². The molecule has 3 unspecified atom stereocenters. The normalized spacial score (nSPS) is 18.5. The van der Waals surface area contributed by atoms with Crippen molar-refractivity contribution in [2.45, 2.75) is 82.7 Å². The quantitative estimate of drug-likeness (QED) is 0.133. The molecule has 33 heavy (non-hydrogen) atoms. The molecule has 0 aliphatic carbocycles. The Hall–Kier alpha value is -1.66. The molecule has 1 fully saturated rings. The number of hydrogen-bond donors (Lipinski definition) is 3. The summed E-state index contributed by atoms with van der Waals surface area (Å²) in [5, 5.41) is 4.58. The summed E-state index contributed by atoms with van der Waals surface area (Å²) >= 11 is 0. The lowest BCUT2D eigenvalue weighted by molar-refractivity contribution is -0.173. The molecule has 1 aliphatic rings. The Labute approximate surface area is 191 Å². The van der Waals surface area contributed by atoms with E-state index in [1.807, 2.05) is 6.92 Å². The average Bonchev–Trinajstić information content (AvgIpc) is 3.29. The highest BCUT2D eigenvalue weighted by molar-refractivity contribution is 7.33. The van der Waals surface area contributed by atoms with Gasteiger partial charge in [-0.1, -0.05) is 19.8 Å². The molecular formula is C19H32F3N3O7P+. The molecule has 0 radical (unpaired) electrons. The Morgan fingerprint density at radius 2 is 1.94 bits per heavy atom. The number of ether oxygens (including phenoxy) is 1. The maximum Gasteiger partial charge on any atom is 0.698 e. The Kier molecular flexibility index (Phi) is 13.6. The number of rotatable bonds is 15. The molecule has 1 amide bonds. The van der Waals surface area contributed by atoms with Gasteiger partial charge < -0.3 is 21.1 Å². The smallest absolute Gasteiger partial charge is 0.390 e. The van der Waals surface area contributed by atoms with E-state index in [-0.39, 0.29) is 38.5 Å². The van der Waals surface area contributed by atoms with E-state index in [1.54, 1.807) is 5.32 Å². The predicted octanol–water partition coefficient (Wildman–Crippen LogP) is 2.23. The summed E-state index contributed by atoms with van der Waals surface area (Å²) in [6.45, 7) is 2.24. The van der Waals surface area contributed by atoms with E-state index >= 15 is 0 Å². The van der Waals surface area contributed by atoms with E-state index in [0.29, 0.717) is 19.4 Å². The zero-order valence-electron chi connectivity index (χ0n) is 18.5. The molecule has 0 aromatic heterocycles. The molecule has 4 N–H and O–H groups in total. The van der Waals surface area contributed by atoms with E-state index in [0.717, 1.165) is 19.3 Å². The van der Waals surface area contributed by atoms with E-state index in [1.165, 1.54) is 0 Å². The van der Waals surface area contributed by atoms with Crippen molar-refractivity contribution in [1.29, 1.82) is 0 Å². The number of unbranched alkanes of at least 4 members (excludes halogenated alkanes) is 2. The van der Waals surface area contributed by atoms with Crippen LogP contribution in [0, 0.1) is 0 Å². The number of hydrogen-bond acceptors (Lipinski definition) is 9. The Morgan fingerprint density at radius 1 is 1.21 bits per heavy atom. The van der Waals surface area contributed by atoms with Crippen LogP contribution in [0.1, 0.15) is 58.3 Å². The summed E-state index contributed by atoms with van der Waals surface area (Å²) in [6.07, 6.45) is -2.66. The van der Waals surface area contributed by atoms with Gasteiger partial charge in [-0.2, -0.15) is 13.2 Å². The highest BCUT2D eigenvalue weighted by Gasteiger charge is 2.39. The van der Waals surface area contributed by atoms with E-state index in [9.17, 15) is 32.1 Å². The Morgan fingerprint density at radius 3 is 2.55 bits per heavy atom. The summed E-state index contributed by atoms with van der Waals surface area (Å²) in [5.74, 6) is -3.93. The number of esters is 2. The lowest BCUT2D eigenvalue weighted by Crippen LogP contribution is -2.37. The number of carbonyl (C=O) groups excluding carboxylic acids is 3. The van der Waals surface area contributed by atoms with Gasteiger partial charge in [0.25, 0.3) is 0 Å². The van der Waals surface area contributed by atoms with Gasteiger partial charge in [0.05, 0.1) is 0 Å². The van der Waals surface area contributed by atoms with Crippen molar-refractivity contribution in [3.8, 4) is 0 Å². The topological polar surface area (TPSA) is 146 Å². The summed E-state index contributed by atoms with van der Waals surface area (Å²) in [5.41, 5.74) is 5.84. The minimum absolute atomic E-state index is 0.0641. The van der Waals surface area contributed by atoms with Crippen molar-refractivity contribution < 1.29 is 45.9 Å². The summed E-state index contributed by atoms with van der Waals surface area (Å²) in [6, 6.07) is -1.00. The second-order valence-electron chi connectivity index (χ2n) is 7.65. The summed E-state index contributed by atoms with van der Waals surface area (Å²) in [7, 11) is -2.76. The van der Waals surface area contributed by atoms with Gasteiger partial charge in [0.15, 0.2) is 0 Å². The number of nitrogens with two attached hydrogens (primary N) is 1. The van der Waals surface area contributed by atoms with Crippen molar-refractivity contribution >= 4 is 26.1 Å². The average molecular weight is 502 g/mol. The molecule has 1 aliphatic heterocycles. The highest BCUT2D eigenvalue weighted by atomic mass is 31.1. The molecule has 1 heterocycles. The molecule has 0 aromatic rings. The molecule has 14 heteroatoms. The molecule has 1 rings (SSSR count). The van der Waals surface area contributed by atoms with E-state index < -0.39 is 44.4 Å². The number of carbonyl (C=O) groups is 3. The third kappa shape index (κ3) is 12.4. The molecular weight excluding hydrogens is 470 g/mol. The van der Waals surface area contributed by atoms with Crippen LogP contribution in [0.3, 0.4) is 0 Å². The minimum atomic E-state index is -4.99. The molecule has 4 atom stereocenters. The van der Waals surface area contributed by atoms with Gasteiger partial charge in [-0.15, -0.1) is 9.05 Å². The zero-order valence-corrected chi connectivity index (χ0v) is 19.4. The van der Waals surface area contributed by atoms with Gasteiger partial charge in [0.2, 0.25) is 6.10 Å². The number of halogens is 3. The first-order valence-corrected chi connectivity index (χ1v) is 12.0. The zero-order chi connectivity index (χ0) is 24.9. The van der Waals surface area contributed by atoms with Crippen LogP contribution in [0.2, 0.25) is 0 Å². The van der Waals surface area contributed by atoms with Gasteiger partial charge in [-0.3, -0.25) is 4.79 Å². The van der Waals surface area contributed by atoms with Crippen molar-refractivity contribution in [3.63, 3.8) is 0 Å². The highest BCUT2D eigenvalue weighted by Crippen LogP contribution is 2.29. The van der Waals surface area contributed by atoms with Gasteiger partial charge in [-0.05, 0) is 45.1 Å². The molecule has 0 saturated carbocycles. The van der Waals surface area contributed by atoms with Crippen molar-refractivity contribution in [3.05, 3.63) is 0 Å². The summed E-state index contributed by atoms with van der Waals surface area (Å²) < 4.78 is 63.7. The van der Waals surface area contributed by atoms with Gasteiger partial charge in [0.1, 0.15) is 12.6 Å². The van der Waals surface area contributed by atoms with Crippen molar-refractivity contribution in [2.24, 2.45) is 5.73 Å². The van der Waals surface area contributed by atoms with Crippen molar-refractivity contribution in [1.82, 2.24) is 10.6 Å². The van der Waals surface area contributed by atoms with E-state index in [2.05, 4.69) is 5.32 Å². The molecule has 0 spiro atoms. The number of amides is 1. The van der Waals surface area contributed by atoms with Crippen LogP contribution in [0.5, 0.6) is 0 Å². The standard InChI is InChI=1S/C19H31F3N3O7P/c1-2-3-7-13(23)12-30-33(29)32-15(9-4-5-10-25-18(28)19(20,21)22)17(27)31-16(26)14-8-6-11-24-14/h13-15,24H,2-12,23H2,1H3/p+1/t13?,14-,15?/m0/s1. The largest absolute Gasteiger partial charge is 0.698 e. The molecule has 0 bridgehead atoms. The lowest BCUT2D eigenvalue weighted by atomic mass is 10.1. The minimum Gasteiger partial charge on any atom is -0.390 e. The van der Waals surface area contributed by atoms with Crippen LogP contribution < -0.4 is 16.4 Å². The second kappa shape index (κ2) is 15.3. The third-order valence-corrected chi connectivity index (χ3v) is 5.57. The molecule has 10 nitrogen and oxygen atoms in total. The fraction of sp³-hybridized carbons (Fsp3) is 0.842. The van der Waals surface area contributed by atoms with Crippen LogP contribution in [0.4, 0.5) is 13.2 Å². The Bertz CT molecular complexity index is 661. The maximum atomic E-state index is 12.4. The first kappa shape index (κ1) is 29.4. The van der Waals surface area contributed by atoms with Crippen LogP contribution in [-0.4, -0.2) is 61.9 Å². The fourth-order valence-electron chi connectivity index (χ4n) is 2.93.